The van der Waals surface area contributed by atoms with Crippen LogP contribution in [0.4, 0.5) is 0 Å². The smallest absolute Gasteiger partial charge is 0.0830 e. The first-order valence-corrected chi connectivity index (χ1v) is 7.79. The second-order valence-corrected chi connectivity index (χ2v) is 6.48. The van der Waals surface area contributed by atoms with E-state index in [4.69, 9.17) is 5.73 Å². The molecular weight excluding hydrogens is 262 g/mol. The lowest BCUT2D eigenvalue weighted by Crippen LogP contribution is -2.42. The van der Waals surface area contributed by atoms with Gasteiger partial charge in [-0.2, -0.15) is 5.26 Å². The second kappa shape index (κ2) is 5.76. The predicted octanol–water partition coefficient (Wildman–Crippen LogP) is 1.39. The normalized spacial score (nSPS) is 37.3. The summed E-state index contributed by atoms with van der Waals surface area (Å²) in [5, 5.41) is 19.5. The highest BCUT2D eigenvalue weighted by Gasteiger charge is 2.41. The molecule has 3 N–H and O–H groups in total. The average Bonchev–Trinajstić information content (AvgIpc) is 2.88. The number of nitrogens with zero attached hydrogens (tertiary/aromatic N) is 2. The molecule has 0 unspecified atom stereocenters. The van der Waals surface area contributed by atoms with Crippen molar-refractivity contribution in [2.45, 2.75) is 49.3 Å². The summed E-state index contributed by atoms with van der Waals surface area (Å²) in [7, 11) is 0. The summed E-state index contributed by atoms with van der Waals surface area (Å²) in [6.07, 6.45) is 3.38. The topological polar surface area (TPSA) is 73.3 Å². The van der Waals surface area contributed by atoms with Crippen molar-refractivity contribution in [3.05, 3.63) is 35.9 Å². The van der Waals surface area contributed by atoms with Crippen LogP contribution in [-0.2, 0) is 5.41 Å². The first kappa shape index (κ1) is 14.5. The van der Waals surface area contributed by atoms with Crippen LogP contribution in [0.2, 0.25) is 0 Å². The lowest BCUT2D eigenvalue weighted by molar-refractivity contribution is 0.129. The van der Waals surface area contributed by atoms with Gasteiger partial charge in [-0.1, -0.05) is 30.3 Å². The molecule has 0 spiro atoms. The maximum atomic E-state index is 9.81. The summed E-state index contributed by atoms with van der Waals surface area (Å²) in [5.41, 5.74) is 6.71. The molecule has 1 aliphatic heterocycles. The fourth-order valence-corrected chi connectivity index (χ4v) is 3.82. The molecule has 1 aromatic rings. The van der Waals surface area contributed by atoms with Crippen molar-refractivity contribution in [1.82, 2.24) is 4.90 Å². The van der Waals surface area contributed by atoms with Crippen molar-refractivity contribution in [1.29, 1.82) is 5.26 Å². The number of aliphatic hydroxyl groups excluding tert-OH is 1. The SMILES string of the molecule is N#CC1(c2ccccc2)CCC(N2C[C@H](N)[C@@H](O)C2)CC1. The van der Waals surface area contributed by atoms with Gasteiger partial charge in [-0.05, 0) is 31.2 Å². The predicted molar refractivity (Wildman–Crippen MR) is 81.5 cm³/mol. The van der Waals surface area contributed by atoms with Gasteiger partial charge >= 0.3 is 0 Å². The molecule has 1 saturated carbocycles. The molecule has 1 heterocycles. The van der Waals surface area contributed by atoms with Crippen LogP contribution in [0.15, 0.2) is 30.3 Å². The van der Waals surface area contributed by atoms with Gasteiger partial charge in [-0.25, -0.2) is 0 Å². The zero-order chi connectivity index (χ0) is 14.9. The van der Waals surface area contributed by atoms with E-state index < -0.39 is 6.10 Å². The van der Waals surface area contributed by atoms with Gasteiger partial charge in [-0.15, -0.1) is 0 Å². The molecule has 1 saturated heterocycles. The highest BCUT2D eigenvalue weighted by molar-refractivity contribution is 5.33. The first-order valence-electron chi connectivity index (χ1n) is 7.79. The summed E-state index contributed by atoms with van der Waals surface area (Å²) >= 11 is 0. The molecule has 112 valence electrons. The summed E-state index contributed by atoms with van der Waals surface area (Å²) in [5.74, 6) is 0. The van der Waals surface area contributed by atoms with Crippen LogP contribution in [0.25, 0.3) is 0 Å². The van der Waals surface area contributed by atoms with Crippen LogP contribution in [0.1, 0.15) is 31.2 Å². The number of hydrogen-bond acceptors (Lipinski definition) is 4. The van der Waals surface area contributed by atoms with Gasteiger partial charge < -0.3 is 10.8 Å². The zero-order valence-corrected chi connectivity index (χ0v) is 12.3. The highest BCUT2D eigenvalue weighted by Crippen LogP contribution is 2.40. The van der Waals surface area contributed by atoms with Gasteiger partial charge in [-0.3, -0.25) is 4.90 Å². The third kappa shape index (κ3) is 2.69. The van der Waals surface area contributed by atoms with E-state index in [1.54, 1.807) is 0 Å². The van der Waals surface area contributed by atoms with E-state index in [2.05, 4.69) is 23.1 Å². The van der Waals surface area contributed by atoms with Gasteiger partial charge in [0, 0.05) is 25.2 Å². The van der Waals surface area contributed by atoms with Crippen LogP contribution in [-0.4, -0.2) is 41.3 Å². The van der Waals surface area contributed by atoms with Crippen molar-refractivity contribution in [2.24, 2.45) is 5.73 Å². The van der Waals surface area contributed by atoms with Crippen LogP contribution in [0.3, 0.4) is 0 Å². The monoisotopic (exact) mass is 285 g/mol. The zero-order valence-electron chi connectivity index (χ0n) is 12.3. The molecule has 21 heavy (non-hydrogen) atoms. The van der Waals surface area contributed by atoms with Crippen LogP contribution in [0.5, 0.6) is 0 Å². The highest BCUT2D eigenvalue weighted by atomic mass is 16.3. The van der Waals surface area contributed by atoms with Crippen LogP contribution < -0.4 is 5.73 Å². The number of β-amino-alcohol motifs (C(OH)–C–C–N with tert-alkyl or cyclic N) is 1. The van der Waals surface area contributed by atoms with Crippen molar-refractivity contribution >= 4 is 0 Å². The summed E-state index contributed by atoms with van der Waals surface area (Å²) < 4.78 is 0. The number of benzene rings is 1. The van der Waals surface area contributed by atoms with E-state index in [0.29, 0.717) is 12.6 Å². The molecule has 0 bridgehead atoms. The van der Waals surface area contributed by atoms with Crippen LogP contribution >= 0.6 is 0 Å². The minimum atomic E-state index is -0.401. The summed E-state index contributed by atoms with van der Waals surface area (Å²) in [6, 6.07) is 13.1. The Morgan fingerprint density at radius 3 is 2.38 bits per heavy atom. The minimum absolute atomic E-state index is 0.123. The van der Waals surface area contributed by atoms with Crippen molar-refractivity contribution < 1.29 is 5.11 Å². The number of hydrogen-bond donors (Lipinski definition) is 2. The fourth-order valence-electron chi connectivity index (χ4n) is 3.82. The first-order chi connectivity index (χ1) is 10.1. The second-order valence-electron chi connectivity index (χ2n) is 6.48. The molecule has 2 atom stereocenters. The van der Waals surface area contributed by atoms with Crippen molar-refractivity contribution in [2.75, 3.05) is 13.1 Å². The average molecular weight is 285 g/mol. The van der Waals surface area contributed by atoms with Crippen molar-refractivity contribution in [3.63, 3.8) is 0 Å². The van der Waals surface area contributed by atoms with Crippen LogP contribution in [0, 0.1) is 11.3 Å². The number of nitriles is 1. The third-order valence-corrected chi connectivity index (χ3v) is 5.23. The standard InChI is InChI=1S/C17H23N3O/c18-12-17(13-4-2-1-3-5-13)8-6-14(7-9-17)20-10-15(19)16(21)11-20/h1-5,14-16,21H,6-11,19H2/t14?,15-,16-,17?/m0/s1. The minimum Gasteiger partial charge on any atom is -0.390 e. The Balaban J connectivity index is 1.68. The molecule has 4 heteroatoms. The number of likely N-dealkylation sites (tertiary alicyclic amines) is 1. The molecule has 1 aromatic carbocycles. The Morgan fingerprint density at radius 1 is 1.19 bits per heavy atom. The van der Waals surface area contributed by atoms with E-state index in [9.17, 15) is 10.4 Å². The van der Waals surface area contributed by atoms with E-state index in [1.165, 1.54) is 0 Å². The van der Waals surface area contributed by atoms with Gasteiger partial charge in [0.25, 0.3) is 0 Å². The Morgan fingerprint density at radius 2 is 1.86 bits per heavy atom. The molecule has 4 nitrogen and oxygen atoms in total. The van der Waals surface area contributed by atoms with Gasteiger partial charge in [0.15, 0.2) is 0 Å². The molecular formula is C17H23N3O. The molecule has 3 rings (SSSR count). The third-order valence-electron chi connectivity index (χ3n) is 5.23. The molecule has 2 fully saturated rings. The number of nitrogens with two attached hydrogens (primary N) is 1. The van der Waals surface area contributed by atoms with Gasteiger partial charge in [0.1, 0.15) is 0 Å². The summed E-state index contributed by atoms with van der Waals surface area (Å²) in [6.45, 7) is 1.45. The Labute approximate surface area is 126 Å². The Hall–Kier alpha value is -1.41. The fraction of sp³-hybridized carbons (Fsp3) is 0.588. The van der Waals surface area contributed by atoms with E-state index in [0.717, 1.165) is 37.8 Å². The number of rotatable bonds is 2. The molecule has 0 aromatic heterocycles. The van der Waals surface area contributed by atoms with Crippen molar-refractivity contribution in [3.8, 4) is 6.07 Å². The van der Waals surface area contributed by atoms with E-state index >= 15 is 0 Å². The van der Waals surface area contributed by atoms with Gasteiger partial charge in [0.05, 0.1) is 17.6 Å². The molecule has 1 aliphatic carbocycles. The summed E-state index contributed by atoms with van der Waals surface area (Å²) in [4.78, 5) is 2.31. The quantitative estimate of drug-likeness (QED) is 0.861. The van der Waals surface area contributed by atoms with E-state index in [1.807, 2.05) is 18.2 Å². The maximum Gasteiger partial charge on any atom is 0.0830 e. The maximum absolute atomic E-state index is 9.81. The molecule has 0 amide bonds. The number of aliphatic hydroxyl groups is 1. The molecule has 2 aliphatic rings. The Bertz CT molecular complexity index is 507. The molecule has 0 radical (unpaired) electrons. The lowest BCUT2D eigenvalue weighted by atomic mass is 9.69. The largest absolute Gasteiger partial charge is 0.390 e. The van der Waals surface area contributed by atoms with E-state index in [-0.39, 0.29) is 11.5 Å². The van der Waals surface area contributed by atoms with Gasteiger partial charge in [0.2, 0.25) is 0 Å². The lowest BCUT2D eigenvalue weighted by Gasteiger charge is -2.39. The Kier molecular flexibility index (Phi) is 3.99.